The lowest BCUT2D eigenvalue weighted by Crippen LogP contribution is -2.35. The van der Waals surface area contributed by atoms with Crippen LogP contribution in [0.15, 0.2) is 12.1 Å². The maximum absolute atomic E-state index is 4.73. The standard InChI is InChI=1S/C16H29N3/c1-8-12(2)19(7)15-10-9-14(13(3)18-15)11-17-16(4,5)6/h9-10,12,17H,8,11H2,1-7H3. The largest absolute Gasteiger partial charge is 0.357 e. The normalized spacial score (nSPS) is 13.4. The van der Waals surface area contributed by atoms with Gasteiger partial charge in [0.25, 0.3) is 0 Å². The zero-order valence-electron chi connectivity index (χ0n) is 13.5. The Kier molecular flexibility index (Phi) is 5.36. The molecule has 0 fully saturated rings. The predicted octanol–water partition coefficient (Wildman–Crippen LogP) is 3.51. The molecule has 108 valence electrons. The van der Waals surface area contributed by atoms with E-state index in [1.807, 2.05) is 0 Å². The van der Waals surface area contributed by atoms with Crippen molar-refractivity contribution in [1.82, 2.24) is 10.3 Å². The molecule has 1 atom stereocenters. The van der Waals surface area contributed by atoms with Gasteiger partial charge in [0.2, 0.25) is 0 Å². The molecule has 0 amide bonds. The Morgan fingerprint density at radius 1 is 1.32 bits per heavy atom. The number of aryl methyl sites for hydroxylation is 1. The molecule has 3 nitrogen and oxygen atoms in total. The number of aromatic nitrogens is 1. The smallest absolute Gasteiger partial charge is 0.128 e. The Morgan fingerprint density at radius 3 is 2.42 bits per heavy atom. The maximum atomic E-state index is 4.73. The second kappa shape index (κ2) is 6.38. The highest BCUT2D eigenvalue weighted by Gasteiger charge is 2.12. The van der Waals surface area contributed by atoms with Crippen LogP contribution in [0.2, 0.25) is 0 Å². The van der Waals surface area contributed by atoms with Crippen LogP contribution in [0.5, 0.6) is 0 Å². The Balaban J connectivity index is 2.80. The summed E-state index contributed by atoms with van der Waals surface area (Å²) < 4.78 is 0. The summed E-state index contributed by atoms with van der Waals surface area (Å²) in [6.07, 6.45) is 1.13. The first kappa shape index (κ1) is 16.0. The van der Waals surface area contributed by atoms with Crippen molar-refractivity contribution in [2.75, 3.05) is 11.9 Å². The highest BCUT2D eigenvalue weighted by molar-refractivity contribution is 5.41. The monoisotopic (exact) mass is 263 g/mol. The maximum Gasteiger partial charge on any atom is 0.128 e. The first-order chi connectivity index (χ1) is 8.74. The van der Waals surface area contributed by atoms with Crippen LogP contribution in [0.25, 0.3) is 0 Å². The molecule has 19 heavy (non-hydrogen) atoms. The molecule has 0 aliphatic rings. The second-order valence-electron chi connectivity index (χ2n) is 6.39. The summed E-state index contributed by atoms with van der Waals surface area (Å²) in [5, 5.41) is 3.51. The fourth-order valence-corrected chi connectivity index (χ4v) is 1.82. The van der Waals surface area contributed by atoms with E-state index in [-0.39, 0.29) is 5.54 Å². The van der Waals surface area contributed by atoms with E-state index in [0.717, 1.165) is 24.5 Å². The third kappa shape index (κ3) is 4.83. The van der Waals surface area contributed by atoms with E-state index in [0.29, 0.717) is 6.04 Å². The third-order valence-electron chi connectivity index (χ3n) is 3.60. The summed E-state index contributed by atoms with van der Waals surface area (Å²) in [6.45, 7) is 13.9. The molecular weight excluding hydrogens is 234 g/mol. The predicted molar refractivity (Wildman–Crippen MR) is 83.7 cm³/mol. The lowest BCUT2D eigenvalue weighted by Gasteiger charge is -2.26. The first-order valence-corrected chi connectivity index (χ1v) is 7.19. The summed E-state index contributed by atoms with van der Waals surface area (Å²) in [7, 11) is 2.11. The van der Waals surface area contributed by atoms with Gasteiger partial charge in [-0.2, -0.15) is 0 Å². The molecule has 1 unspecified atom stereocenters. The molecule has 1 aromatic rings. The van der Waals surface area contributed by atoms with Gasteiger partial charge < -0.3 is 10.2 Å². The Hall–Kier alpha value is -1.09. The van der Waals surface area contributed by atoms with Crippen LogP contribution in [0, 0.1) is 6.92 Å². The van der Waals surface area contributed by atoms with Crippen molar-refractivity contribution in [2.24, 2.45) is 0 Å². The van der Waals surface area contributed by atoms with E-state index in [4.69, 9.17) is 4.98 Å². The van der Waals surface area contributed by atoms with E-state index in [1.54, 1.807) is 0 Å². The van der Waals surface area contributed by atoms with E-state index in [1.165, 1.54) is 5.56 Å². The Bertz CT molecular complexity index is 407. The van der Waals surface area contributed by atoms with Gasteiger partial charge >= 0.3 is 0 Å². The van der Waals surface area contributed by atoms with Gasteiger partial charge in [0.15, 0.2) is 0 Å². The molecule has 1 N–H and O–H groups in total. The topological polar surface area (TPSA) is 28.2 Å². The Labute approximate surface area is 118 Å². The number of anilines is 1. The molecule has 0 radical (unpaired) electrons. The molecule has 0 aromatic carbocycles. The summed E-state index contributed by atoms with van der Waals surface area (Å²) in [4.78, 5) is 6.97. The molecule has 0 aliphatic heterocycles. The average Bonchev–Trinajstić information content (AvgIpc) is 2.34. The van der Waals surface area contributed by atoms with E-state index in [2.05, 4.69) is 70.9 Å². The SMILES string of the molecule is CCC(C)N(C)c1ccc(CNC(C)(C)C)c(C)n1. The van der Waals surface area contributed by atoms with Gasteiger partial charge in [-0.05, 0) is 52.7 Å². The lowest BCUT2D eigenvalue weighted by atomic mass is 10.1. The molecule has 0 spiro atoms. The van der Waals surface area contributed by atoms with Crippen LogP contribution in [0.3, 0.4) is 0 Å². The minimum Gasteiger partial charge on any atom is -0.357 e. The van der Waals surface area contributed by atoms with E-state index >= 15 is 0 Å². The van der Waals surface area contributed by atoms with Crippen LogP contribution in [-0.2, 0) is 6.54 Å². The van der Waals surface area contributed by atoms with Gasteiger partial charge in [0.05, 0.1) is 0 Å². The van der Waals surface area contributed by atoms with Gasteiger partial charge in [0, 0.05) is 30.9 Å². The van der Waals surface area contributed by atoms with Crippen molar-refractivity contribution in [3.8, 4) is 0 Å². The fourth-order valence-electron chi connectivity index (χ4n) is 1.82. The van der Waals surface area contributed by atoms with Gasteiger partial charge in [-0.3, -0.25) is 0 Å². The van der Waals surface area contributed by atoms with Crippen molar-refractivity contribution in [3.63, 3.8) is 0 Å². The first-order valence-electron chi connectivity index (χ1n) is 7.19. The highest BCUT2D eigenvalue weighted by Crippen LogP contribution is 2.17. The van der Waals surface area contributed by atoms with Crippen molar-refractivity contribution in [1.29, 1.82) is 0 Å². The number of hydrogen-bond acceptors (Lipinski definition) is 3. The molecule has 0 saturated heterocycles. The van der Waals surface area contributed by atoms with Gasteiger partial charge in [-0.1, -0.05) is 13.0 Å². The van der Waals surface area contributed by atoms with Crippen LogP contribution in [0.4, 0.5) is 5.82 Å². The average molecular weight is 263 g/mol. The van der Waals surface area contributed by atoms with Crippen LogP contribution < -0.4 is 10.2 Å². The number of rotatable bonds is 5. The highest BCUT2D eigenvalue weighted by atomic mass is 15.2. The van der Waals surface area contributed by atoms with Gasteiger partial charge in [-0.25, -0.2) is 4.98 Å². The molecule has 1 heterocycles. The summed E-state index contributed by atoms with van der Waals surface area (Å²) in [6, 6.07) is 4.83. The summed E-state index contributed by atoms with van der Waals surface area (Å²) in [5.41, 5.74) is 2.53. The van der Waals surface area contributed by atoms with Crippen LogP contribution in [-0.4, -0.2) is 23.6 Å². The molecule has 3 heteroatoms. The zero-order valence-corrected chi connectivity index (χ0v) is 13.5. The van der Waals surface area contributed by atoms with Crippen molar-refractivity contribution >= 4 is 5.82 Å². The number of hydrogen-bond donors (Lipinski definition) is 1. The van der Waals surface area contributed by atoms with Crippen molar-refractivity contribution in [3.05, 3.63) is 23.4 Å². The van der Waals surface area contributed by atoms with Gasteiger partial charge in [-0.15, -0.1) is 0 Å². The van der Waals surface area contributed by atoms with E-state index in [9.17, 15) is 0 Å². The zero-order chi connectivity index (χ0) is 14.6. The number of pyridine rings is 1. The fraction of sp³-hybridized carbons (Fsp3) is 0.688. The molecular formula is C16H29N3. The lowest BCUT2D eigenvalue weighted by molar-refractivity contribution is 0.423. The van der Waals surface area contributed by atoms with Gasteiger partial charge in [0.1, 0.15) is 5.82 Å². The molecule has 0 saturated carbocycles. The second-order valence-corrected chi connectivity index (χ2v) is 6.39. The Morgan fingerprint density at radius 2 is 1.95 bits per heavy atom. The molecule has 0 bridgehead atoms. The molecule has 0 aliphatic carbocycles. The minimum atomic E-state index is 0.138. The molecule has 1 rings (SSSR count). The summed E-state index contributed by atoms with van der Waals surface area (Å²) >= 11 is 0. The number of nitrogens with zero attached hydrogens (tertiary/aromatic N) is 2. The third-order valence-corrected chi connectivity index (χ3v) is 3.60. The van der Waals surface area contributed by atoms with Crippen LogP contribution >= 0.6 is 0 Å². The van der Waals surface area contributed by atoms with E-state index < -0.39 is 0 Å². The van der Waals surface area contributed by atoms with Crippen molar-refractivity contribution in [2.45, 2.75) is 66.1 Å². The van der Waals surface area contributed by atoms with Crippen molar-refractivity contribution < 1.29 is 0 Å². The quantitative estimate of drug-likeness (QED) is 0.881. The number of nitrogens with one attached hydrogen (secondary N) is 1. The van der Waals surface area contributed by atoms with Crippen LogP contribution in [0.1, 0.15) is 52.3 Å². The summed E-state index contributed by atoms with van der Waals surface area (Å²) in [5.74, 6) is 1.06. The minimum absolute atomic E-state index is 0.138. The molecule has 1 aromatic heterocycles.